The fourth-order valence-corrected chi connectivity index (χ4v) is 3.26. The van der Waals surface area contributed by atoms with Crippen LogP contribution in [0.5, 0.6) is 0 Å². The molecule has 4 rings (SSSR count). The number of likely N-dealkylation sites (N-methyl/N-ethyl adjacent to an activating group) is 1. The van der Waals surface area contributed by atoms with Gasteiger partial charge in [-0.1, -0.05) is 5.16 Å². The number of carbonyl (C=O) groups is 1. The van der Waals surface area contributed by atoms with Crippen molar-refractivity contribution in [2.24, 2.45) is 0 Å². The summed E-state index contributed by atoms with van der Waals surface area (Å²) in [6.07, 6.45) is 3.52. The molecule has 142 valence electrons. The first kappa shape index (κ1) is 17.9. The third kappa shape index (κ3) is 3.51. The van der Waals surface area contributed by atoms with Gasteiger partial charge in [-0.05, 0) is 42.8 Å². The number of H-pyrrole nitrogens is 1. The van der Waals surface area contributed by atoms with Crippen LogP contribution in [0.15, 0.2) is 53.3 Å². The van der Waals surface area contributed by atoms with E-state index >= 15 is 0 Å². The summed E-state index contributed by atoms with van der Waals surface area (Å²) in [6, 6.07) is 10.1. The van der Waals surface area contributed by atoms with Crippen molar-refractivity contribution in [2.75, 3.05) is 7.05 Å². The molecular formula is C21H19FN4O2. The summed E-state index contributed by atoms with van der Waals surface area (Å²) in [6.45, 7) is 2.15. The zero-order valence-electron chi connectivity index (χ0n) is 15.6. The van der Waals surface area contributed by atoms with Crippen molar-refractivity contribution in [1.29, 1.82) is 0 Å². The molecule has 0 spiro atoms. The van der Waals surface area contributed by atoms with Crippen LogP contribution in [0.2, 0.25) is 0 Å². The zero-order chi connectivity index (χ0) is 19.7. The van der Waals surface area contributed by atoms with E-state index in [9.17, 15) is 9.18 Å². The van der Waals surface area contributed by atoms with Crippen LogP contribution >= 0.6 is 0 Å². The molecule has 1 amide bonds. The lowest BCUT2D eigenvalue weighted by Gasteiger charge is -2.16. The van der Waals surface area contributed by atoms with Gasteiger partial charge in [0, 0.05) is 42.0 Å². The molecule has 7 heteroatoms. The third-order valence-electron chi connectivity index (χ3n) is 4.64. The van der Waals surface area contributed by atoms with Gasteiger partial charge in [0.2, 0.25) is 5.91 Å². The molecule has 1 aromatic carbocycles. The number of benzene rings is 1. The summed E-state index contributed by atoms with van der Waals surface area (Å²) in [7, 11) is 1.71. The highest BCUT2D eigenvalue weighted by atomic mass is 19.1. The van der Waals surface area contributed by atoms with Crippen molar-refractivity contribution in [1.82, 2.24) is 20.0 Å². The van der Waals surface area contributed by atoms with Gasteiger partial charge in [-0.15, -0.1) is 0 Å². The van der Waals surface area contributed by atoms with Gasteiger partial charge in [-0.2, -0.15) is 0 Å². The molecule has 0 saturated carbocycles. The minimum Gasteiger partial charge on any atom is -0.359 e. The Bertz CT molecular complexity index is 1130. The minimum absolute atomic E-state index is 0.107. The second kappa shape index (κ2) is 7.26. The largest absolute Gasteiger partial charge is 0.359 e. The van der Waals surface area contributed by atoms with Gasteiger partial charge in [0.25, 0.3) is 0 Å². The fourth-order valence-electron chi connectivity index (χ4n) is 3.26. The monoisotopic (exact) mass is 378 g/mol. The number of amides is 1. The number of aromatic amines is 1. The Hall–Kier alpha value is -3.48. The van der Waals surface area contributed by atoms with E-state index in [0.29, 0.717) is 17.7 Å². The van der Waals surface area contributed by atoms with Gasteiger partial charge in [0.1, 0.15) is 5.82 Å². The Labute approximate surface area is 161 Å². The molecule has 0 bridgehead atoms. The van der Waals surface area contributed by atoms with Crippen LogP contribution in [-0.4, -0.2) is 33.0 Å². The lowest BCUT2D eigenvalue weighted by Crippen LogP contribution is -2.27. The lowest BCUT2D eigenvalue weighted by molar-refractivity contribution is -0.129. The quantitative estimate of drug-likeness (QED) is 0.572. The summed E-state index contributed by atoms with van der Waals surface area (Å²) in [4.78, 5) is 21.9. The molecule has 28 heavy (non-hydrogen) atoms. The molecule has 1 N–H and O–H groups in total. The zero-order valence-corrected chi connectivity index (χ0v) is 15.6. The Morgan fingerprint density at radius 3 is 2.86 bits per heavy atom. The average Bonchev–Trinajstić information content (AvgIpc) is 3.26. The van der Waals surface area contributed by atoms with Crippen LogP contribution in [0.3, 0.4) is 0 Å². The van der Waals surface area contributed by atoms with Gasteiger partial charge in [-0.25, -0.2) is 4.39 Å². The molecular weight excluding hydrogens is 359 g/mol. The number of aromatic nitrogens is 3. The number of hydrogen-bond donors (Lipinski definition) is 1. The number of hydrogen-bond acceptors (Lipinski definition) is 4. The number of nitrogens with one attached hydrogen (secondary N) is 1. The van der Waals surface area contributed by atoms with Crippen LogP contribution in [0.4, 0.5) is 4.39 Å². The van der Waals surface area contributed by atoms with E-state index in [-0.39, 0.29) is 18.1 Å². The average molecular weight is 378 g/mol. The molecule has 6 nitrogen and oxygen atoms in total. The predicted octanol–water partition coefficient (Wildman–Crippen LogP) is 3.87. The van der Waals surface area contributed by atoms with E-state index in [2.05, 4.69) is 15.1 Å². The smallest absolute Gasteiger partial charge is 0.227 e. The number of nitrogens with zero attached hydrogens (tertiary/aromatic N) is 3. The minimum atomic E-state index is -0.344. The van der Waals surface area contributed by atoms with Crippen molar-refractivity contribution in [3.05, 3.63) is 71.6 Å². The maximum Gasteiger partial charge on any atom is 0.227 e. The van der Waals surface area contributed by atoms with Crippen LogP contribution < -0.4 is 0 Å². The molecule has 0 aliphatic rings. The second-order valence-corrected chi connectivity index (χ2v) is 6.77. The lowest BCUT2D eigenvalue weighted by atomic mass is 10.0. The van der Waals surface area contributed by atoms with E-state index in [1.165, 1.54) is 12.1 Å². The SMILES string of the molecule is Cc1cc(CN(C)C(=O)Cc2c(-c3cccnc3)[nH]c3ccc(F)cc23)on1. The van der Waals surface area contributed by atoms with Crippen molar-refractivity contribution in [2.45, 2.75) is 19.9 Å². The topological polar surface area (TPSA) is 75.0 Å². The maximum atomic E-state index is 13.9. The first-order valence-corrected chi connectivity index (χ1v) is 8.88. The highest BCUT2D eigenvalue weighted by molar-refractivity contribution is 5.95. The highest BCUT2D eigenvalue weighted by Gasteiger charge is 2.20. The predicted molar refractivity (Wildman–Crippen MR) is 103 cm³/mol. The molecule has 3 heterocycles. The summed E-state index contributed by atoms with van der Waals surface area (Å²) < 4.78 is 19.1. The Morgan fingerprint density at radius 1 is 1.29 bits per heavy atom. The fraction of sp³-hybridized carbons (Fsp3) is 0.190. The molecule has 3 aromatic heterocycles. The normalized spacial score (nSPS) is 11.1. The molecule has 0 unspecified atom stereocenters. The van der Waals surface area contributed by atoms with E-state index in [1.807, 2.05) is 19.1 Å². The standard InChI is InChI=1S/C21H19FN4O2/c1-13-8-16(28-25-13)12-26(2)20(27)10-18-17-9-15(22)5-6-19(17)24-21(18)14-4-3-7-23-11-14/h3-9,11,24H,10,12H2,1-2H3. The highest BCUT2D eigenvalue weighted by Crippen LogP contribution is 2.31. The molecule has 0 aliphatic carbocycles. The van der Waals surface area contributed by atoms with Gasteiger partial charge in [0.05, 0.1) is 24.4 Å². The number of pyridine rings is 1. The van der Waals surface area contributed by atoms with Crippen LogP contribution in [0, 0.1) is 12.7 Å². The first-order chi connectivity index (χ1) is 13.5. The number of aryl methyl sites for hydroxylation is 1. The van der Waals surface area contributed by atoms with Crippen molar-refractivity contribution in [3.8, 4) is 11.3 Å². The molecule has 0 atom stereocenters. The Morgan fingerprint density at radius 2 is 2.14 bits per heavy atom. The van der Waals surface area contributed by atoms with Gasteiger partial charge < -0.3 is 14.4 Å². The summed E-state index contributed by atoms with van der Waals surface area (Å²) in [5.41, 5.74) is 3.90. The molecule has 4 aromatic rings. The molecule has 0 saturated heterocycles. The number of rotatable bonds is 5. The van der Waals surface area contributed by atoms with E-state index in [1.54, 1.807) is 36.5 Å². The van der Waals surface area contributed by atoms with Crippen molar-refractivity contribution < 1.29 is 13.7 Å². The second-order valence-electron chi connectivity index (χ2n) is 6.77. The summed E-state index contributed by atoms with van der Waals surface area (Å²) >= 11 is 0. The number of halogens is 1. The molecule has 0 aliphatic heterocycles. The molecule has 0 radical (unpaired) electrons. The number of carbonyl (C=O) groups excluding carboxylic acids is 1. The van der Waals surface area contributed by atoms with E-state index in [4.69, 9.17) is 4.52 Å². The van der Waals surface area contributed by atoms with Crippen LogP contribution in [-0.2, 0) is 17.8 Å². The summed E-state index contributed by atoms with van der Waals surface area (Å²) in [5.74, 6) is 0.165. The van der Waals surface area contributed by atoms with Crippen molar-refractivity contribution >= 4 is 16.8 Å². The van der Waals surface area contributed by atoms with Crippen LogP contribution in [0.25, 0.3) is 22.2 Å². The van der Waals surface area contributed by atoms with E-state index in [0.717, 1.165) is 28.0 Å². The summed E-state index contributed by atoms with van der Waals surface area (Å²) in [5, 5.41) is 4.53. The Kier molecular flexibility index (Phi) is 4.65. The van der Waals surface area contributed by atoms with Gasteiger partial charge >= 0.3 is 0 Å². The number of fused-ring (bicyclic) bond motifs is 1. The third-order valence-corrected chi connectivity index (χ3v) is 4.64. The maximum absolute atomic E-state index is 13.9. The van der Waals surface area contributed by atoms with E-state index < -0.39 is 0 Å². The first-order valence-electron chi connectivity index (χ1n) is 8.88. The van der Waals surface area contributed by atoms with Gasteiger partial charge in [0.15, 0.2) is 5.76 Å². The van der Waals surface area contributed by atoms with Gasteiger partial charge in [-0.3, -0.25) is 9.78 Å². The van der Waals surface area contributed by atoms with Crippen molar-refractivity contribution in [3.63, 3.8) is 0 Å². The molecule has 0 fully saturated rings. The Balaban J connectivity index is 1.68. The van der Waals surface area contributed by atoms with Crippen LogP contribution in [0.1, 0.15) is 17.0 Å².